The van der Waals surface area contributed by atoms with Crippen molar-refractivity contribution < 1.29 is 19.4 Å². The zero-order valence-electron chi connectivity index (χ0n) is 13.2. The number of hydrogen-bond donors (Lipinski definition) is 1. The first-order chi connectivity index (χ1) is 12.2. The van der Waals surface area contributed by atoms with E-state index < -0.39 is 5.97 Å². The van der Waals surface area contributed by atoms with E-state index in [2.05, 4.69) is 24.9 Å². The van der Waals surface area contributed by atoms with Crippen molar-refractivity contribution in [2.24, 2.45) is 0 Å². The third kappa shape index (κ3) is 3.66. The van der Waals surface area contributed by atoms with Crippen LogP contribution in [-0.2, 0) is 0 Å². The summed E-state index contributed by atoms with van der Waals surface area (Å²) in [5, 5.41) is 9.26. The van der Waals surface area contributed by atoms with E-state index >= 15 is 0 Å². The summed E-state index contributed by atoms with van der Waals surface area (Å²) >= 11 is 0. The van der Waals surface area contributed by atoms with Gasteiger partial charge in [-0.3, -0.25) is 4.98 Å². The van der Waals surface area contributed by atoms with Gasteiger partial charge in [-0.15, -0.1) is 0 Å². The maximum absolute atomic E-state index is 11.3. The second kappa shape index (κ2) is 7.30. The predicted molar refractivity (Wildman–Crippen MR) is 85.5 cm³/mol. The van der Waals surface area contributed by atoms with Crippen LogP contribution in [0.4, 0.5) is 0 Å². The molecule has 9 nitrogen and oxygen atoms in total. The summed E-state index contributed by atoms with van der Waals surface area (Å²) in [7, 11) is 0. The summed E-state index contributed by atoms with van der Waals surface area (Å²) < 4.78 is 11.0. The predicted octanol–water partition coefficient (Wildman–Crippen LogP) is 2.22. The number of carboxylic acid groups (broad SMARTS) is 1. The standard InChI is InChI=1S/C16H13N5O4/c1-2-24-14-15(20-4-3-19-14)25-11-5-10(6-17-7-11)13-12(16(22)23)8-18-9-21-13/h3-9H,2H2,1H3,(H,22,23). The fourth-order valence-electron chi connectivity index (χ4n) is 2.05. The van der Waals surface area contributed by atoms with E-state index in [1.807, 2.05) is 6.92 Å². The molecule has 0 spiro atoms. The Kier molecular flexibility index (Phi) is 4.74. The van der Waals surface area contributed by atoms with Gasteiger partial charge in [-0.1, -0.05) is 0 Å². The van der Waals surface area contributed by atoms with Gasteiger partial charge in [0.25, 0.3) is 11.8 Å². The van der Waals surface area contributed by atoms with Crippen LogP contribution < -0.4 is 9.47 Å². The van der Waals surface area contributed by atoms with Gasteiger partial charge in [0.2, 0.25) is 0 Å². The first-order valence-corrected chi connectivity index (χ1v) is 7.29. The van der Waals surface area contributed by atoms with Crippen molar-refractivity contribution >= 4 is 5.97 Å². The summed E-state index contributed by atoms with van der Waals surface area (Å²) in [5.74, 6) is -0.350. The highest BCUT2D eigenvalue weighted by Crippen LogP contribution is 2.29. The Labute approximate surface area is 142 Å². The van der Waals surface area contributed by atoms with E-state index in [4.69, 9.17) is 9.47 Å². The van der Waals surface area contributed by atoms with Crippen molar-refractivity contribution in [3.63, 3.8) is 0 Å². The van der Waals surface area contributed by atoms with Gasteiger partial charge in [0, 0.05) is 30.4 Å². The SMILES string of the molecule is CCOc1nccnc1Oc1cncc(-c2ncncc2C(=O)O)c1. The number of aromatic nitrogens is 5. The molecule has 0 saturated carbocycles. The highest BCUT2D eigenvalue weighted by Gasteiger charge is 2.15. The summed E-state index contributed by atoms with van der Waals surface area (Å²) in [6.45, 7) is 2.24. The molecule has 0 amide bonds. The maximum atomic E-state index is 11.3. The minimum absolute atomic E-state index is 0.0315. The molecular formula is C16H13N5O4. The van der Waals surface area contributed by atoms with Crippen molar-refractivity contribution in [3.05, 3.63) is 48.9 Å². The molecule has 3 aromatic heterocycles. The maximum Gasteiger partial charge on any atom is 0.339 e. The quantitative estimate of drug-likeness (QED) is 0.720. The second-order valence-corrected chi connectivity index (χ2v) is 4.70. The lowest BCUT2D eigenvalue weighted by molar-refractivity contribution is 0.0697. The number of carboxylic acids is 1. The molecule has 25 heavy (non-hydrogen) atoms. The van der Waals surface area contributed by atoms with E-state index in [9.17, 15) is 9.90 Å². The topological polar surface area (TPSA) is 120 Å². The first kappa shape index (κ1) is 16.2. The molecule has 0 aromatic carbocycles. The van der Waals surface area contributed by atoms with Crippen molar-refractivity contribution in [1.82, 2.24) is 24.9 Å². The highest BCUT2D eigenvalue weighted by atomic mass is 16.5. The monoisotopic (exact) mass is 339 g/mol. The Morgan fingerprint density at radius 1 is 1.08 bits per heavy atom. The van der Waals surface area contributed by atoms with Crippen LogP contribution in [0.1, 0.15) is 17.3 Å². The van der Waals surface area contributed by atoms with Crippen LogP contribution in [0.15, 0.2) is 43.4 Å². The molecule has 0 aliphatic carbocycles. The molecule has 0 radical (unpaired) electrons. The fourth-order valence-corrected chi connectivity index (χ4v) is 2.05. The summed E-state index contributed by atoms with van der Waals surface area (Å²) in [6.07, 6.45) is 8.42. The molecule has 0 bridgehead atoms. The van der Waals surface area contributed by atoms with Crippen molar-refractivity contribution in [1.29, 1.82) is 0 Å². The van der Waals surface area contributed by atoms with Gasteiger partial charge in [-0.05, 0) is 13.0 Å². The van der Waals surface area contributed by atoms with Crippen LogP contribution in [-0.4, -0.2) is 42.6 Å². The third-order valence-corrected chi connectivity index (χ3v) is 3.06. The second-order valence-electron chi connectivity index (χ2n) is 4.70. The summed E-state index contributed by atoms with van der Waals surface area (Å²) in [6, 6.07) is 1.60. The molecule has 3 aromatic rings. The molecule has 0 unspecified atom stereocenters. The van der Waals surface area contributed by atoms with Crippen molar-refractivity contribution in [3.8, 4) is 28.8 Å². The van der Waals surface area contributed by atoms with E-state index in [0.717, 1.165) is 0 Å². The number of aromatic carboxylic acids is 1. The smallest absolute Gasteiger partial charge is 0.339 e. The molecule has 0 fully saturated rings. The van der Waals surface area contributed by atoms with Gasteiger partial charge in [-0.2, -0.15) is 0 Å². The van der Waals surface area contributed by atoms with Crippen molar-refractivity contribution in [2.45, 2.75) is 6.92 Å². The van der Waals surface area contributed by atoms with Crippen LogP contribution in [0.2, 0.25) is 0 Å². The van der Waals surface area contributed by atoms with Crippen LogP contribution in [0.5, 0.6) is 17.5 Å². The first-order valence-electron chi connectivity index (χ1n) is 7.29. The lowest BCUT2D eigenvalue weighted by Gasteiger charge is -2.10. The number of carbonyl (C=O) groups is 1. The van der Waals surface area contributed by atoms with Crippen molar-refractivity contribution in [2.75, 3.05) is 6.61 Å². The molecule has 0 saturated heterocycles. The van der Waals surface area contributed by atoms with Gasteiger partial charge in [0.05, 0.1) is 18.5 Å². The molecule has 126 valence electrons. The zero-order valence-corrected chi connectivity index (χ0v) is 13.2. The molecule has 0 atom stereocenters. The normalized spacial score (nSPS) is 10.3. The van der Waals surface area contributed by atoms with E-state index in [1.54, 1.807) is 6.07 Å². The Balaban J connectivity index is 1.95. The third-order valence-electron chi connectivity index (χ3n) is 3.06. The lowest BCUT2D eigenvalue weighted by Crippen LogP contribution is -2.03. The molecule has 1 N–H and O–H groups in total. The van der Waals surface area contributed by atoms with Gasteiger partial charge in [-0.25, -0.2) is 24.7 Å². The highest BCUT2D eigenvalue weighted by molar-refractivity contribution is 5.94. The molecule has 3 rings (SSSR count). The van der Waals surface area contributed by atoms with E-state index in [0.29, 0.717) is 17.9 Å². The molecule has 3 heterocycles. The number of rotatable bonds is 6. The largest absolute Gasteiger partial charge is 0.478 e. The molecular weight excluding hydrogens is 326 g/mol. The summed E-state index contributed by atoms with van der Waals surface area (Å²) in [4.78, 5) is 31.3. The minimum Gasteiger partial charge on any atom is -0.478 e. The average Bonchev–Trinajstić information content (AvgIpc) is 2.64. The van der Waals surface area contributed by atoms with E-state index in [1.165, 1.54) is 37.3 Å². The number of pyridine rings is 1. The zero-order chi connectivity index (χ0) is 17.6. The lowest BCUT2D eigenvalue weighted by atomic mass is 10.1. The van der Waals surface area contributed by atoms with Crippen LogP contribution in [0.3, 0.4) is 0 Å². The Morgan fingerprint density at radius 3 is 2.64 bits per heavy atom. The Morgan fingerprint density at radius 2 is 1.88 bits per heavy atom. The van der Waals surface area contributed by atoms with Gasteiger partial charge in [0.1, 0.15) is 17.6 Å². The number of hydrogen-bond acceptors (Lipinski definition) is 8. The van der Waals surface area contributed by atoms with Gasteiger partial charge in [0.15, 0.2) is 0 Å². The summed E-state index contributed by atoms with van der Waals surface area (Å²) in [5.41, 5.74) is 0.680. The average molecular weight is 339 g/mol. The van der Waals surface area contributed by atoms with E-state index in [-0.39, 0.29) is 23.0 Å². The molecule has 9 heteroatoms. The van der Waals surface area contributed by atoms with Crippen LogP contribution in [0.25, 0.3) is 11.3 Å². The van der Waals surface area contributed by atoms with Crippen LogP contribution in [0, 0.1) is 0 Å². The van der Waals surface area contributed by atoms with Crippen LogP contribution >= 0.6 is 0 Å². The molecule has 0 aliphatic heterocycles. The Hall–Kier alpha value is -3.62. The minimum atomic E-state index is -1.13. The fraction of sp³-hybridized carbons (Fsp3) is 0.125. The Bertz CT molecular complexity index is 903. The number of ether oxygens (including phenoxy) is 2. The van der Waals surface area contributed by atoms with Gasteiger partial charge >= 0.3 is 5.97 Å². The van der Waals surface area contributed by atoms with Gasteiger partial charge < -0.3 is 14.6 Å². The molecule has 0 aliphatic rings. The number of nitrogens with zero attached hydrogens (tertiary/aromatic N) is 5.